The maximum absolute atomic E-state index is 5.84. The highest BCUT2D eigenvalue weighted by molar-refractivity contribution is 9.10. The van der Waals surface area contributed by atoms with Crippen LogP contribution in [0.15, 0.2) is 46.9 Å². The van der Waals surface area contributed by atoms with E-state index in [0.717, 1.165) is 41.1 Å². The van der Waals surface area contributed by atoms with Crippen LogP contribution in [0.4, 0.5) is 5.69 Å². The number of ether oxygens (including phenoxy) is 2. The second kappa shape index (κ2) is 6.39. The van der Waals surface area contributed by atoms with E-state index in [9.17, 15) is 0 Å². The highest BCUT2D eigenvalue weighted by atomic mass is 79.9. The van der Waals surface area contributed by atoms with Crippen molar-refractivity contribution in [2.75, 3.05) is 19.0 Å². The number of hydrogen-bond donors (Lipinski definition) is 1. The first-order valence-corrected chi connectivity index (χ1v) is 7.88. The Morgan fingerprint density at radius 2 is 2.00 bits per heavy atom. The summed E-state index contributed by atoms with van der Waals surface area (Å²) in [6, 6.07) is 14.5. The zero-order valence-electron chi connectivity index (χ0n) is 11.9. The van der Waals surface area contributed by atoms with E-state index in [4.69, 9.17) is 9.47 Å². The minimum Gasteiger partial charge on any atom is -0.497 e. The number of methoxy groups -OCH3 is 1. The van der Waals surface area contributed by atoms with E-state index in [1.54, 1.807) is 7.11 Å². The molecule has 3 rings (SSSR count). The van der Waals surface area contributed by atoms with Gasteiger partial charge in [-0.25, -0.2) is 0 Å². The normalized spacial score (nSPS) is 17.3. The van der Waals surface area contributed by atoms with Gasteiger partial charge < -0.3 is 14.8 Å². The van der Waals surface area contributed by atoms with Crippen LogP contribution in [0.5, 0.6) is 11.5 Å². The molecular formula is C17H18BrNO2. The highest BCUT2D eigenvalue weighted by Crippen LogP contribution is 2.35. The monoisotopic (exact) mass is 347 g/mol. The van der Waals surface area contributed by atoms with Crippen molar-refractivity contribution >= 4 is 21.6 Å². The van der Waals surface area contributed by atoms with Gasteiger partial charge in [0.15, 0.2) is 0 Å². The number of rotatable bonds is 3. The zero-order chi connectivity index (χ0) is 14.7. The van der Waals surface area contributed by atoms with Gasteiger partial charge >= 0.3 is 0 Å². The number of halogens is 1. The lowest BCUT2D eigenvalue weighted by Gasteiger charge is -2.20. The molecule has 110 valence electrons. The largest absolute Gasteiger partial charge is 0.497 e. The molecule has 0 aliphatic carbocycles. The Hall–Kier alpha value is -1.68. The minimum atomic E-state index is 0.268. The number of anilines is 1. The van der Waals surface area contributed by atoms with Crippen molar-refractivity contribution in [2.45, 2.75) is 18.9 Å². The van der Waals surface area contributed by atoms with Crippen LogP contribution in [-0.4, -0.2) is 13.7 Å². The van der Waals surface area contributed by atoms with E-state index in [1.807, 2.05) is 30.3 Å². The smallest absolute Gasteiger partial charge is 0.125 e. The Bertz CT molecular complexity index is 613. The molecule has 2 aromatic carbocycles. The van der Waals surface area contributed by atoms with Crippen molar-refractivity contribution in [3.63, 3.8) is 0 Å². The van der Waals surface area contributed by atoms with E-state index < -0.39 is 0 Å². The molecule has 0 bridgehead atoms. The van der Waals surface area contributed by atoms with E-state index in [0.29, 0.717) is 0 Å². The fourth-order valence-electron chi connectivity index (χ4n) is 2.58. The van der Waals surface area contributed by atoms with E-state index >= 15 is 0 Å². The molecule has 0 fully saturated rings. The number of fused-ring (bicyclic) bond motifs is 1. The first kappa shape index (κ1) is 14.3. The number of benzene rings is 2. The molecule has 21 heavy (non-hydrogen) atoms. The molecule has 1 N–H and O–H groups in total. The van der Waals surface area contributed by atoms with Crippen molar-refractivity contribution in [3.05, 3.63) is 52.5 Å². The van der Waals surface area contributed by atoms with Crippen LogP contribution in [-0.2, 0) is 0 Å². The van der Waals surface area contributed by atoms with Crippen molar-refractivity contribution in [3.8, 4) is 11.5 Å². The van der Waals surface area contributed by atoms with Crippen LogP contribution in [0.3, 0.4) is 0 Å². The second-order valence-corrected chi connectivity index (χ2v) is 6.01. The van der Waals surface area contributed by atoms with E-state index in [1.165, 1.54) is 5.56 Å². The van der Waals surface area contributed by atoms with Gasteiger partial charge in [-0.05, 0) is 49.2 Å². The predicted octanol–water partition coefficient (Wildman–Crippen LogP) is 4.78. The van der Waals surface area contributed by atoms with Gasteiger partial charge in [-0.3, -0.25) is 0 Å². The molecule has 0 amide bonds. The summed E-state index contributed by atoms with van der Waals surface area (Å²) in [5, 5.41) is 3.60. The Morgan fingerprint density at radius 3 is 2.76 bits per heavy atom. The fraction of sp³-hybridized carbons (Fsp3) is 0.294. The molecule has 1 atom stereocenters. The van der Waals surface area contributed by atoms with Gasteiger partial charge in [0.25, 0.3) is 0 Å². The number of hydrogen-bond acceptors (Lipinski definition) is 3. The summed E-state index contributed by atoms with van der Waals surface area (Å²) in [5.41, 5.74) is 2.31. The SMILES string of the molecule is COc1ccc(NC2CCCOc3cc(Br)ccc32)cc1. The van der Waals surface area contributed by atoms with Gasteiger partial charge in [-0.2, -0.15) is 0 Å². The molecule has 1 aliphatic heterocycles. The van der Waals surface area contributed by atoms with Crippen molar-refractivity contribution in [1.29, 1.82) is 0 Å². The van der Waals surface area contributed by atoms with Crippen LogP contribution in [0.25, 0.3) is 0 Å². The molecule has 1 heterocycles. The summed E-state index contributed by atoms with van der Waals surface area (Å²) in [6.45, 7) is 0.768. The first-order valence-electron chi connectivity index (χ1n) is 7.09. The third-order valence-electron chi connectivity index (χ3n) is 3.68. The Balaban J connectivity index is 1.84. The Morgan fingerprint density at radius 1 is 1.19 bits per heavy atom. The van der Waals surface area contributed by atoms with Crippen LogP contribution < -0.4 is 14.8 Å². The van der Waals surface area contributed by atoms with Gasteiger partial charge in [0.05, 0.1) is 19.8 Å². The molecule has 0 saturated heterocycles. The summed E-state index contributed by atoms with van der Waals surface area (Å²) in [4.78, 5) is 0. The first-order chi connectivity index (χ1) is 10.3. The molecule has 0 spiro atoms. The van der Waals surface area contributed by atoms with Crippen LogP contribution >= 0.6 is 15.9 Å². The summed E-state index contributed by atoms with van der Waals surface area (Å²) < 4.78 is 12.1. The van der Waals surface area contributed by atoms with Gasteiger partial charge in [-0.15, -0.1) is 0 Å². The highest BCUT2D eigenvalue weighted by Gasteiger charge is 2.19. The lowest BCUT2D eigenvalue weighted by molar-refractivity contribution is 0.316. The Kier molecular flexibility index (Phi) is 4.34. The minimum absolute atomic E-state index is 0.268. The van der Waals surface area contributed by atoms with E-state index in [2.05, 4.69) is 33.4 Å². The Labute approximate surface area is 133 Å². The maximum atomic E-state index is 5.84. The van der Waals surface area contributed by atoms with Gasteiger partial charge in [-0.1, -0.05) is 22.0 Å². The van der Waals surface area contributed by atoms with Gasteiger partial charge in [0, 0.05) is 15.7 Å². The van der Waals surface area contributed by atoms with Crippen molar-refractivity contribution < 1.29 is 9.47 Å². The maximum Gasteiger partial charge on any atom is 0.125 e. The molecule has 1 aliphatic rings. The lowest BCUT2D eigenvalue weighted by atomic mass is 10.0. The van der Waals surface area contributed by atoms with Crippen LogP contribution in [0.2, 0.25) is 0 Å². The quantitative estimate of drug-likeness (QED) is 0.866. The molecule has 0 saturated carbocycles. The molecule has 2 aromatic rings. The van der Waals surface area contributed by atoms with Crippen molar-refractivity contribution in [2.24, 2.45) is 0 Å². The summed E-state index contributed by atoms with van der Waals surface area (Å²) >= 11 is 3.50. The van der Waals surface area contributed by atoms with E-state index in [-0.39, 0.29) is 6.04 Å². The van der Waals surface area contributed by atoms with Gasteiger partial charge in [0.2, 0.25) is 0 Å². The fourth-order valence-corrected chi connectivity index (χ4v) is 2.92. The second-order valence-electron chi connectivity index (χ2n) is 5.10. The number of nitrogens with one attached hydrogen (secondary N) is 1. The standard InChI is InChI=1S/C17H18BrNO2/c1-20-14-7-5-13(6-8-14)19-16-3-2-10-21-17-11-12(18)4-9-15(16)17/h4-9,11,16,19H,2-3,10H2,1H3. The predicted molar refractivity (Wildman–Crippen MR) is 88.2 cm³/mol. The van der Waals surface area contributed by atoms with Crippen molar-refractivity contribution in [1.82, 2.24) is 0 Å². The summed E-state index contributed by atoms with van der Waals surface area (Å²) in [5.74, 6) is 1.84. The third kappa shape index (κ3) is 3.32. The zero-order valence-corrected chi connectivity index (χ0v) is 13.5. The van der Waals surface area contributed by atoms with Gasteiger partial charge in [0.1, 0.15) is 11.5 Å². The summed E-state index contributed by atoms with van der Waals surface area (Å²) in [6.07, 6.45) is 2.10. The summed E-state index contributed by atoms with van der Waals surface area (Å²) in [7, 11) is 1.68. The van der Waals surface area contributed by atoms with Crippen LogP contribution in [0.1, 0.15) is 24.4 Å². The molecule has 1 unspecified atom stereocenters. The molecule has 3 nitrogen and oxygen atoms in total. The lowest BCUT2D eigenvalue weighted by Crippen LogP contribution is -2.10. The topological polar surface area (TPSA) is 30.5 Å². The molecular weight excluding hydrogens is 330 g/mol. The molecule has 0 aromatic heterocycles. The molecule has 0 radical (unpaired) electrons. The van der Waals surface area contributed by atoms with Crippen LogP contribution in [0, 0.1) is 0 Å². The molecule has 4 heteroatoms. The average molecular weight is 348 g/mol. The average Bonchev–Trinajstić information content (AvgIpc) is 2.70. The third-order valence-corrected chi connectivity index (χ3v) is 4.17.